The van der Waals surface area contributed by atoms with Crippen LogP contribution in [0.2, 0.25) is 0 Å². The number of aryl methyl sites for hydroxylation is 2. The summed E-state index contributed by atoms with van der Waals surface area (Å²) in [4.78, 5) is 14.1. The predicted molar refractivity (Wildman–Crippen MR) is 117 cm³/mol. The van der Waals surface area contributed by atoms with E-state index in [1.54, 1.807) is 0 Å². The van der Waals surface area contributed by atoms with E-state index in [0.29, 0.717) is 13.2 Å². The summed E-state index contributed by atoms with van der Waals surface area (Å²) in [6.45, 7) is 5.36. The molecular formula is C22H25F3N4O3S. The van der Waals surface area contributed by atoms with E-state index in [9.17, 15) is 13.2 Å². The van der Waals surface area contributed by atoms with Crippen LogP contribution in [-0.4, -0.2) is 50.3 Å². The van der Waals surface area contributed by atoms with Gasteiger partial charge in [0.15, 0.2) is 0 Å². The van der Waals surface area contributed by atoms with Gasteiger partial charge in [0.05, 0.1) is 24.9 Å². The van der Waals surface area contributed by atoms with E-state index in [1.807, 2.05) is 41.3 Å². The lowest BCUT2D eigenvalue weighted by molar-refractivity contribution is -0.192. The summed E-state index contributed by atoms with van der Waals surface area (Å²) in [5.74, 6) is -2.76. The van der Waals surface area contributed by atoms with Crippen molar-refractivity contribution in [1.82, 2.24) is 19.9 Å². The van der Waals surface area contributed by atoms with Gasteiger partial charge in [0.25, 0.3) is 0 Å². The van der Waals surface area contributed by atoms with Crippen LogP contribution in [0, 0.1) is 6.92 Å². The number of aliphatic carboxylic acids is 1. The number of alkyl halides is 3. The lowest BCUT2D eigenvalue weighted by atomic mass is 10.0. The van der Waals surface area contributed by atoms with Gasteiger partial charge in [0.2, 0.25) is 0 Å². The molecule has 178 valence electrons. The predicted octanol–water partition coefficient (Wildman–Crippen LogP) is 4.13. The third kappa shape index (κ3) is 6.86. The van der Waals surface area contributed by atoms with Gasteiger partial charge in [-0.2, -0.15) is 13.2 Å². The van der Waals surface area contributed by atoms with Crippen molar-refractivity contribution < 1.29 is 27.8 Å². The molecule has 1 N–H and O–H groups in total. The number of ether oxygens (including phenoxy) is 1. The minimum absolute atomic E-state index is 0.151. The quantitative estimate of drug-likeness (QED) is 0.569. The molecule has 1 aliphatic heterocycles. The second kappa shape index (κ2) is 10.9. The average Bonchev–Trinajstić information content (AvgIpc) is 3.35. The summed E-state index contributed by atoms with van der Waals surface area (Å²) in [5, 5.41) is 15.8. The number of carboxylic acid groups (broad SMARTS) is 1. The fraction of sp³-hybridized carbons (Fsp3) is 0.409. The van der Waals surface area contributed by atoms with Crippen molar-refractivity contribution >= 4 is 17.3 Å². The SMILES string of the molecule is Cc1ccc(CN2CCc3c(nnn3C)C2COCc2ccccc2)s1.O=C(O)C(F)(F)F. The Hall–Kier alpha value is -2.76. The van der Waals surface area contributed by atoms with E-state index >= 15 is 0 Å². The van der Waals surface area contributed by atoms with Gasteiger partial charge >= 0.3 is 12.1 Å². The number of halogens is 3. The van der Waals surface area contributed by atoms with Crippen molar-refractivity contribution in [3.05, 3.63) is 69.2 Å². The third-order valence-electron chi connectivity index (χ3n) is 5.15. The number of aromatic nitrogens is 3. The lowest BCUT2D eigenvalue weighted by Gasteiger charge is -2.34. The molecule has 1 aliphatic rings. The molecule has 0 radical (unpaired) electrons. The molecule has 1 unspecified atom stereocenters. The molecular weight excluding hydrogens is 457 g/mol. The van der Waals surface area contributed by atoms with Crippen molar-refractivity contribution in [2.24, 2.45) is 7.05 Å². The van der Waals surface area contributed by atoms with Gasteiger partial charge < -0.3 is 9.84 Å². The molecule has 0 saturated carbocycles. The summed E-state index contributed by atoms with van der Waals surface area (Å²) in [5.41, 5.74) is 3.50. The Morgan fingerprint density at radius 2 is 1.94 bits per heavy atom. The van der Waals surface area contributed by atoms with Crippen molar-refractivity contribution in [2.45, 2.75) is 38.7 Å². The second-order valence-electron chi connectivity index (χ2n) is 7.60. The smallest absolute Gasteiger partial charge is 0.475 e. The van der Waals surface area contributed by atoms with Crippen LogP contribution >= 0.6 is 11.3 Å². The van der Waals surface area contributed by atoms with Crippen molar-refractivity contribution in [3.8, 4) is 0 Å². The first-order chi connectivity index (χ1) is 15.6. The molecule has 3 aromatic rings. The van der Waals surface area contributed by atoms with Gasteiger partial charge in [-0.15, -0.1) is 16.4 Å². The zero-order chi connectivity index (χ0) is 24.0. The average molecular weight is 483 g/mol. The number of hydrogen-bond donors (Lipinski definition) is 1. The number of rotatable bonds is 6. The molecule has 0 amide bonds. The Kier molecular flexibility index (Phi) is 8.22. The van der Waals surface area contributed by atoms with Crippen molar-refractivity contribution in [2.75, 3.05) is 13.2 Å². The van der Waals surface area contributed by atoms with Crippen LogP contribution in [0.3, 0.4) is 0 Å². The van der Waals surface area contributed by atoms with Crippen LogP contribution in [0.4, 0.5) is 13.2 Å². The molecule has 0 aliphatic carbocycles. The summed E-state index contributed by atoms with van der Waals surface area (Å²) >= 11 is 1.87. The molecule has 0 saturated heterocycles. The Labute approximate surface area is 193 Å². The van der Waals surface area contributed by atoms with E-state index in [-0.39, 0.29) is 6.04 Å². The standard InChI is InChI=1S/C20H24N4OS.C2HF3O2/c1-15-8-9-17(26-15)12-24-11-10-18-20(21-22-23(18)2)19(24)14-25-13-16-6-4-3-5-7-16;3-2(4,5)1(6)7/h3-9,19H,10-14H2,1-2H3;(H,6,7). The van der Waals surface area contributed by atoms with Gasteiger partial charge in [-0.1, -0.05) is 35.5 Å². The van der Waals surface area contributed by atoms with E-state index < -0.39 is 12.1 Å². The minimum Gasteiger partial charge on any atom is -0.475 e. The first-order valence-corrected chi connectivity index (χ1v) is 11.1. The van der Waals surface area contributed by atoms with Crippen LogP contribution in [0.15, 0.2) is 42.5 Å². The van der Waals surface area contributed by atoms with Gasteiger partial charge in [0, 0.05) is 36.3 Å². The first-order valence-electron chi connectivity index (χ1n) is 10.2. The number of hydrogen-bond acceptors (Lipinski definition) is 6. The van der Waals surface area contributed by atoms with E-state index in [1.165, 1.54) is 21.0 Å². The largest absolute Gasteiger partial charge is 0.490 e. The highest BCUT2D eigenvalue weighted by Gasteiger charge is 2.38. The Balaban J connectivity index is 0.000000383. The summed E-state index contributed by atoms with van der Waals surface area (Å²) in [7, 11) is 1.98. The van der Waals surface area contributed by atoms with Crippen molar-refractivity contribution in [3.63, 3.8) is 0 Å². The zero-order valence-electron chi connectivity index (χ0n) is 18.2. The molecule has 0 spiro atoms. The number of nitrogens with zero attached hydrogens (tertiary/aromatic N) is 4. The maximum atomic E-state index is 10.6. The van der Waals surface area contributed by atoms with Crippen LogP contribution < -0.4 is 0 Å². The Bertz CT molecular complexity index is 1050. The van der Waals surface area contributed by atoms with Crippen LogP contribution in [0.5, 0.6) is 0 Å². The van der Waals surface area contributed by atoms with Gasteiger partial charge in [0.1, 0.15) is 5.69 Å². The van der Waals surface area contributed by atoms with E-state index in [2.05, 4.69) is 46.4 Å². The highest BCUT2D eigenvalue weighted by atomic mass is 32.1. The third-order valence-corrected chi connectivity index (χ3v) is 6.14. The number of carboxylic acids is 1. The maximum absolute atomic E-state index is 10.6. The molecule has 4 rings (SSSR count). The molecule has 7 nitrogen and oxygen atoms in total. The molecule has 2 aromatic heterocycles. The molecule has 1 atom stereocenters. The summed E-state index contributed by atoms with van der Waals surface area (Å²) < 4.78 is 39.7. The minimum atomic E-state index is -5.08. The lowest BCUT2D eigenvalue weighted by Crippen LogP contribution is -2.37. The molecule has 0 fully saturated rings. The first kappa shape index (κ1) is 24.9. The van der Waals surface area contributed by atoms with Gasteiger partial charge in [-0.25, -0.2) is 4.79 Å². The Morgan fingerprint density at radius 1 is 1.24 bits per heavy atom. The topological polar surface area (TPSA) is 80.5 Å². The van der Waals surface area contributed by atoms with E-state index in [0.717, 1.165) is 25.2 Å². The summed E-state index contributed by atoms with van der Waals surface area (Å²) in [6.07, 6.45) is -4.10. The fourth-order valence-electron chi connectivity index (χ4n) is 3.53. The summed E-state index contributed by atoms with van der Waals surface area (Å²) in [6, 6.07) is 14.9. The zero-order valence-corrected chi connectivity index (χ0v) is 19.1. The highest BCUT2D eigenvalue weighted by molar-refractivity contribution is 7.11. The fourth-order valence-corrected chi connectivity index (χ4v) is 4.44. The van der Waals surface area contributed by atoms with E-state index in [4.69, 9.17) is 14.6 Å². The van der Waals surface area contributed by atoms with Crippen LogP contribution in [0.1, 0.15) is 32.7 Å². The second-order valence-corrected chi connectivity index (χ2v) is 8.97. The molecule has 0 bridgehead atoms. The highest BCUT2D eigenvalue weighted by Crippen LogP contribution is 2.31. The molecule has 11 heteroatoms. The number of thiophene rings is 1. The maximum Gasteiger partial charge on any atom is 0.490 e. The van der Waals surface area contributed by atoms with Crippen LogP contribution in [-0.2, 0) is 36.2 Å². The van der Waals surface area contributed by atoms with Gasteiger partial charge in [-0.3, -0.25) is 9.58 Å². The monoisotopic (exact) mass is 482 g/mol. The molecule has 3 heterocycles. The van der Waals surface area contributed by atoms with Crippen molar-refractivity contribution in [1.29, 1.82) is 0 Å². The van der Waals surface area contributed by atoms with Gasteiger partial charge in [-0.05, 0) is 24.6 Å². The molecule has 1 aromatic carbocycles. The molecule has 33 heavy (non-hydrogen) atoms. The number of fused-ring (bicyclic) bond motifs is 1. The normalized spacial score (nSPS) is 16.1. The van der Waals surface area contributed by atoms with Crippen LogP contribution in [0.25, 0.3) is 0 Å². The Morgan fingerprint density at radius 3 is 2.55 bits per heavy atom. The number of carbonyl (C=O) groups is 1. The number of benzene rings is 1.